The molecular weight excluding hydrogens is 596 g/mol. The first-order valence-electron chi connectivity index (χ1n) is 15.4. The zero-order chi connectivity index (χ0) is 34.9. The van der Waals surface area contributed by atoms with Gasteiger partial charge in [-0.3, -0.25) is 19.3 Å². The molecule has 8 N–H and O–H groups in total. The van der Waals surface area contributed by atoms with Crippen molar-refractivity contribution in [2.75, 3.05) is 58.8 Å². The monoisotopic (exact) mass is 650 g/mol. The third-order valence-corrected chi connectivity index (χ3v) is 7.17. The van der Waals surface area contributed by atoms with Crippen LogP contribution in [0.25, 0.3) is 0 Å². The minimum Gasteiger partial charge on any atom is -0.445 e. The molecular formula is C31H54N8O7. The second-order valence-corrected chi connectivity index (χ2v) is 12.4. The van der Waals surface area contributed by atoms with Gasteiger partial charge in [-0.1, -0.05) is 26.0 Å². The molecule has 46 heavy (non-hydrogen) atoms. The summed E-state index contributed by atoms with van der Waals surface area (Å²) in [5.74, 6) is -1.81. The lowest BCUT2D eigenvalue weighted by Crippen LogP contribution is -2.55. The van der Waals surface area contributed by atoms with Crippen molar-refractivity contribution in [3.05, 3.63) is 29.8 Å². The maximum atomic E-state index is 13.3. The van der Waals surface area contributed by atoms with E-state index in [1.54, 1.807) is 45.2 Å². The molecule has 1 aromatic carbocycles. The average Bonchev–Trinajstić information content (AvgIpc) is 2.98. The van der Waals surface area contributed by atoms with E-state index in [9.17, 15) is 24.0 Å². The van der Waals surface area contributed by atoms with Gasteiger partial charge >= 0.3 is 12.1 Å². The Morgan fingerprint density at radius 1 is 0.957 bits per heavy atom. The molecule has 260 valence electrons. The SMILES string of the molecule is CC(C)[C@H](NC(=O)COCCN)C(=O)N[C@@H](CCCNC(N)=O)C(=O)Nc1ccc(COC(=O)N(C)CCN(C)C(C)(C)C)cc1. The molecule has 0 aromatic heterocycles. The fourth-order valence-corrected chi connectivity index (χ4v) is 3.94. The topological polar surface area (TPSA) is 210 Å². The number of primary amides is 1. The molecule has 2 atom stereocenters. The molecule has 0 unspecified atom stereocenters. The van der Waals surface area contributed by atoms with Crippen molar-refractivity contribution in [2.24, 2.45) is 17.4 Å². The first kappa shape index (κ1) is 40.1. The van der Waals surface area contributed by atoms with Crippen molar-refractivity contribution in [3.63, 3.8) is 0 Å². The third-order valence-electron chi connectivity index (χ3n) is 7.17. The smallest absolute Gasteiger partial charge is 0.409 e. The van der Waals surface area contributed by atoms with Crippen LogP contribution in [0, 0.1) is 5.92 Å². The molecule has 0 aliphatic heterocycles. The van der Waals surface area contributed by atoms with Gasteiger partial charge in [-0.05, 0) is 64.3 Å². The highest BCUT2D eigenvalue weighted by molar-refractivity contribution is 5.98. The number of nitrogens with zero attached hydrogens (tertiary/aromatic N) is 2. The van der Waals surface area contributed by atoms with Crippen LogP contribution in [0.5, 0.6) is 0 Å². The van der Waals surface area contributed by atoms with E-state index >= 15 is 0 Å². The van der Waals surface area contributed by atoms with Gasteiger partial charge < -0.3 is 47.1 Å². The molecule has 0 saturated heterocycles. The summed E-state index contributed by atoms with van der Waals surface area (Å²) in [7, 11) is 3.69. The van der Waals surface area contributed by atoms with Crippen LogP contribution in [-0.2, 0) is 30.5 Å². The first-order chi connectivity index (χ1) is 21.5. The van der Waals surface area contributed by atoms with E-state index in [1.807, 2.05) is 7.05 Å². The quantitative estimate of drug-likeness (QED) is 0.118. The molecule has 0 spiro atoms. The van der Waals surface area contributed by atoms with Crippen LogP contribution in [0.3, 0.4) is 0 Å². The fraction of sp³-hybridized carbons (Fsp3) is 0.645. The summed E-state index contributed by atoms with van der Waals surface area (Å²) in [6, 6.07) is 4.16. The lowest BCUT2D eigenvalue weighted by atomic mass is 10.0. The van der Waals surface area contributed by atoms with Gasteiger partial charge in [0.15, 0.2) is 0 Å². The van der Waals surface area contributed by atoms with E-state index in [4.69, 9.17) is 20.9 Å². The van der Waals surface area contributed by atoms with Gasteiger partial charge in [-0.25, -0.2) is 9.59 Å². The van der Waals surface area contributed by atoms with E-state index in [1.165, 1.54) is 4.90 Å². The van der Waals surface area contributed by atoms with E-state index in [0.717, 1.165) is 5.56 Å². The summed E-state index contributed by atoms with van der Waals surface area (Å²) in [5, 5.41) is 10.6. The molecule has 0 saturated carbocycles. The normalized spacial score (nSPS) is 12.7. The van der Waals surface area contributed by atoms with E-state index in [0.29, 0.717) is 25.2 Å². The van der Waals surface area contributed by atoms with Crippen LogP contribution >= 0.6 is 0 Å². The molecule has 6 amide bonds. The number of hydrogen-bond donors (Lipinski definition) is 6. The minimum atomic E-state index is -0.984. The van der Waals surface area contributed by atoms with Crippen molar-refractivity contribution < 1.29 is 33.4 Å². The highest BCUT2D eigenvalue weighted by Crippen LogP contribution is 2.14. The number of carbonyl (C=O) groups is 5. The van der Waals surface area contributed by atoms with Crippen molar-refractivity contribution >= 4 is 35.5 Å². The molecule has 0 aliphatic carbocycles. The Kier molecular flexibility index (Phi) is 17.6. The zero-order valence-electron chi connectivity index (χ0n) is 28.3. The molecule has 0 fully saturated rings. The number of rotatable bonds is 19. The minimum absolute atomic E-state index is 0.00996. The number of nitrogens with two attached hydrogens (primary N) is 2. The summed E-state index contributed by atoms with van der Waals surface area (Å²) in [5.41, 5.74) is 11.7. The number of anilines is 1. The number of hydrogen-bond acceptors (Lipinski definition) is 9. The average molecular weight is 651 g/mol. The Labute approximate surface area is 272 Å². The number of nitrogens with one attached hydrogen (secondary N) is 4. The first-order valence-corrected chi connectivity index (χ1v) is 15.4. The largest absolute Gasteiger partial charge is 0.445 e. The highest BCUT2D eigenvalue weighted by atomic mass is 16.6. The second-order valence-electron chi connectivity index (χ2n) is 12.4. The Hall–Kier alpha value is -3.95. The molecule has 15 heteroatoms. The van der Waals surface area contributed by atoms with E-state index in [-0.39, 0.29) is 50.8 Å². The van der Waals surface area contributed by atoms with E-state index < -0.39 is 41.9 Å². The number of amides is 6. The zero-order valence-corrected chi connectivity index (χ0v) is 28.3. The number of benzene rings is 1. The van der Waals surface area contributed by atoms with Crippen LogP contribution in [-0.4, -0.2) is 111 Å². The summed E-state index contributed by atoms with van der Waals surface area (Å²) in [6.07, 6.45) is 0.0877. The maximum Gasteiger partial charge on any atom is 0.409 e. The van der Waals surface area contributed by atoms with Gasteiger partial charge in [0.2, 0.25) is 17.7 Å². The Morgan fingerprint density at radius 2 is 1.61 bits per heavy atom. The highest BCUT2D eigenvalue weighted by Gasteiger charge is 2.29. The number of likely N-dealkylation sites (N-methyl/N-ethyl adjacent to an activating group) is 2. The number of ether oxygens (including phenoxy) is 2. The van der Waals surface area contributed by atoms with Gasteiger partial charge in [0, 0.05) is 44.5 Å². The molecule has 1 aromatic rings. The van der Waals surface area contributed by atoms with Gasteiger partial charge in [0.1, 0.15) is 25.3 Å². The van der Waals surface area contributed by atoms with Gasteiger partial charge in [-0.2, -0.15) is 0 Å². The molecule has 0 aliphatic rings. The molecule has 0 radical (unpaired) electrons. The molecule has 15 nitrogen and oxygen atoms in total. The molecule has 0 bridgehead atoms. The fourth-order valence-electron chi connectivity index (χ4n) is 3.94. The van der Waals surface area contributed by atoms with Gasteiger partial charge in [-0.15, -0.1) is 0 Å². The predicted octanol–water partition coefficient (Wildman–Crippen LogP) is 0.973. The number of urea groups is 1. The van der Waals surface area contributed by atoms with Crippen LogP contribution in [0.1, 0.15) is 53.0 Å². The summed E-state index contributed by atoms with van der Waals surface area (Å²) in [4.78, 5) is 65.9. The van der Waals surface area contributed by atoms with Crippen LogP contribution in [0.15, 0.2) is 24.3 Å². The van der Waals surface area contributed by atoms with Crippen LogP contribution in [0.2, 0.25) is 0 Å². The van der Waals surface area contributed by atoms with Crippen LogP contribution < -0.4 is 32.7 Å². The van der Waals surface area contributed by atoms with Crippen molar-refractivity contribution in [3.8, 4) is 0 Å². The third kappa shape index (κ3) is 15.9. The standard InChI is InChI=1S/C31H54N8O7/c1-21(2)26(37-25(40)20-45-18-14-32)28(42)36-24(9-8-15-34-29(33)43)27(41)35-23-12-10-22(11-13-23)19-46-30(44)38(6)16-17-39(7)31(3,4)5/h10-13,21,24,26H,8-9,14-20,32H2,1-7H3,(H,35,41)(H,36,42)(H,37,40)(H3,33,34,43)/t24-,26-/m0/s1. The summed E-state index contributed by atoms with van der Waals surface area (Å²) < 4.78 is 10.6. The molecule has 0 heterocycles. The Bertz CT molecular complexity index is 1120. The summed E-state index contributed by atoms with van der Waals surface area (Å²) in [6.45, 7) is 11.5. The molecule has 1 rings (SSSR count). The summed E-state index contributed by atoms with van der Waals surface area (Å²) >= 11 is 0. The predicted molar refractivity (Wildman–Crippen MR) is 176 cm³/mol. The maximum absolute atomic E-state index is 13.3. The lowest BCUT2D eigenvalue weighted by Gasteiger charge is -2.33. The van der Waals surface area contributed by atoms with E-state index in [2.05, 4.69) is 46.9 Å². The van der Waals surface area contributed by atoms with Gasteiger partial charge in [0.05, 0.1) is 6.61 Å². The lowest BCUT2D eigenvalue weighted by molar-refractivity contribution is -0.133. The van der Waals surface area contributed by atoms with Crippen molar-refractivity contribution in [1.82, 2.24) is 25.8 Å². The second kappa shape index (κ2) is 20.2. The van der Waals surface area contributed by atoms with Crippen molar-refractivity contribution in [1.29, 1.82) is 0 Å². The van der Waals surface area contributed by atoms with Crippen LogP contribution in [0.4, 0.5) is 15.3 Å². The van der Waals surface area contributed by atoms with Crippen molar-refractivity contribution in [2.45, 2.75) is 71.7 Å². The van der Waals surface area contributed by atoms with Gasteiger partial charge in [0.25, 0.3) is 0 Å². The Morgan fingerprint density at radius 3 is 2.17 bits per heavy atom. The Balaban J connectivity index is 2.83. The number of carbonyl (C=O) groups excluding carboxylic acids is 5.